The van der Waals surface area contributed by atoms with Gasteiger partial charge in [-0.05, 0) is 31.4 Å². The van der Waals surface area contributed by atoms with E-state index in [-0.39, 0.29) is 11.7 Å². The smallest absolute Gasteiger partial charge is 0.269 e. The second kappa shape index (κ2) is 6.58. The number of benzene rings is 1. The first-order valence-corrected chi connectivity index (χ1v) is 7.78. The van der Waals surface area contributed by atoms with Crippen LogP contribution in [-0.2, 0) is 6.42 Å². The van der Waals surface area contributed by atoms with Gasteiger partial charge in [-0.25, -0.2) is 4.98 Å². The van der Waals surface area contributed by atoms with Gasteiger partial charge in [0.1, 0.15) is 10.7 Å². The fourth-order valence-corrected chi connectivity index (χ4v) is 2.94. The van der Waals surface area contributed by atoms with E-state index >= 15 is 0 Å². The number of amides is 1. The summed E-state index contributed by atoms with van der Waals surface area (Å²) in [6.45, 7) is 6.76. The summed E-state index contributed by atoms with van der Waals surface area (Å²) in [5.41, 5.74) is 8.85. The second-order valence-corrected chi connectivity index (χ2v) is 5.68. The Labute approximate surface area is 128 Å². The molecule has 2 rings (SSSR count). The number of aryl methyl sites for hydroxylation is 2. The molecule has 0 aliphatic rings. The standard InChI is InChI=1S/C15H20N4OS/c1-4-10-8-6-7-9(3)11(10)18-14(20)12-13(16)19-15(21-12)17-5-2/h6-8H,4-5,16H2,1-3H3,(H,17,19)(H,18,20). The van der Waals surface area contributed by atoms with Gasteiger partial charge in [0, 0.05) is 12.2 Å². The summed E-state index contributed by atoms with van der Waals surface area (Å²) in [6, 6.07) is 5.99. The average Bonchev–Trinajstić information content (AvgIpc) is 2.82. The molecule has 0 aliphatic heterocycles. The molecule has 4 N–H and O–H groups in total. The van der Waals surface area contributed by atoms with Crippen molar-refractivity contribution in [1.82, 2.24) is 4.98 Å². The van der Waals surface area contributed by atoms with E-state index in [0.29, 0.717) is 10.0 Å². The number of nitrogens with two attached hydrogens (primary N) is 1. The Hall–Kier alpha value is -2.08. The monoisotopic (exact) mass is 304 g/mol. The Morgan fingerprint density at radius 2 is 2.14 bits per heavy atom. The molecule has 5 nitrogen and oxygen atoms in total. The number of nitrogen functional groups attached to an aromatic ring is 1. The van der Waals surface area contributed by atoms with Crippen molar-refractivity contribution in [3.63, 3.8) is 0 Å². The van der Waals surface area contributed by atoms with Gasteiger partial charge in [0.2, 0.25) is 0 Å². The number of para-hydroxylation sites is 1. The molecule has 0 saturated heterocycles. The van der Waals surface area contributed by atoms with E-state index in [4.69, 9.17) is 5.73 Å². The number of anilines is 3. The quantitative estimate of drug-likeness (QED) is 0.792. The second-order valence-electron chi connectivity index (χ2n) is 4.68. The highest BCUT2D eigenvalue weighted by Crippen LogP contribution is 2.27. The molecule has 0 bridgehead atoms. The van der Waals surface area contributed by atoms with Gasteiger partial charge in [-0.3, -0.25) is 4.79 Å². The lowest BCUT2D eigenvalue weighted by molar-refractivity contribution is 0.103. The number of hydrogen-bond donors (Lipinski definition) is 3. The van der Waals surface area contributed by atoms with Crippen LogP contribution < -0.4 is 16.4 Å². The van der Waals surface area contributed by atoms with Gasteiger partial charge in [0.05, 0.1) is 0 Å². The largest absolute Gasteiger partial charge is 0.382 e. The molecule has 1 aromatic carbocycles. The van der Waals surface area contributed by atoms with Crippen molar-refractivity contribution in [2.45, 2.75) is 27.2 Å². The van der Waals surface area contributed by atoms with Crippen LogP contribution in [0.2, 0.25) is 0 Å². The van der Waals surface area contributed by atoms with E-state index in [9.17, 15) is 4.79 Å². The van der Waals surface area contributed by atoms with Crippen molar-refractivity contribution < 1.29 is 4.79 Å². The van der Waals surface area contributed by atoms with Gasteiger partial charge < -0.3 is 16.4 Å². The molecule has 2 aromatic rings. The van der Waals surface area contributed by atoms with Crippen molar-refractivity contribution in [3.8, 4) is 0 Å². The molecule has 0 fully saturated rings. The van der Waals surface area contributed by atoms with Crippen LogP contribution in [-0.4, -0.2) is 17.4 Å². The molecule has 1 aromatic heterocycles. The summed E-state index contributed by atoms with van der Waals surface area (Å²) >= 11 is 1.27. The lowest BCUT2D eigenvalue weighted by atomic mass is 10.1. The van der Waals surface area contributed by atoms with Crippen molar-refractivity contribution in [1.29, 1.82) is 0 Å². The Balaban J connectivity index is 2.26. The van der Waals surface area contributed by atoms with Crippen molar-refractivity contribution >= 4 is 33.9 Å². The number of rotatable bonds is 5. The number of aromatic nitrogens is 1. The number of nitrogens with zero attached hydrogens (tertiary/aromatic N) is 1. The van der Waals surface area contributed by atoms with Gasteiger partial charge in [-0.1, -0.05) is 36.5 Å². The topological polar surface area (TPSA) is 80.0 Å². The van der Waals surface area contributed by atoms with Crippen LogP contribution in [0.4, 0.5) is 16.6 Å². The predicted octanol–water partition coefficient (Wildman–Crippen LogP) is 3.28. The third-order valence-electron chi connectivity index (χ3n) is 3.17. The van der Waals surface area contributed by atoms with Gasteiger partial charge in [0.15, 0.2) is 5.13 Å². The molecule has 1 heterocycles. The van der Waals surface area contributed by atoms with Gasteiger partial charge in [-0.15, -0.1) is 0 Å². The zero-order valence-electron chi connectivity index (χ0n) is 12.5. The summed E-state index contributed by atoms with van der Waals surface area (Å²) < 4.78 is 0. The highest BCUT2D eigenvalue weighted by Gasteiger charge is 2.17. The molecule has 1 amide bonds. The third-order valence-corrected chi connectivity index (χ3v) is 4.19. The zero-order valence-corrected chi connectivity index (χ0v) is 13.3. The SMILES string of the molecule is CCNc1nc(N)c(C(=O)Nc2c(C)cccc2CC)s1. The molecule has 0 aliphatic carbocycles. The van der Waals surface area contributed by atoms with E-state index in [1.807, 2.05) is 32.0 Å². The van der Waals surface area contributed by atoms with Crippen LogP contribution in [0, 0.1) is 6.92 Å². The number of thiazole rings is 1. The highest BCUT2D eigenvalue weighted by atomic mass is 32.1. The first kappa shape index (κ1) is 15.3. The molecular formula is C15H20N4OS. The molecule has 0 radical (unpaired) electrons. The summed E-state index contributed by atoms with van der Waals surface area (Å²) in [5, 5.41) is 6.70. The lowest BCUT2D eigenvalue weighted by Gasteiger charge is -2.12. The summed E-state index contributed by atoms with van der Waals surface area (Å²) in [5.74, 6) is 0.0539. The Bertz CT molecular complexity index is 651. The fraction of sp³-hybridized carbons (Fsp3) is 0.333. The third kappa shape index (κ3) is 3.33. The van der Waals surface area contributed by atoms with E-state index in [2.05, 4.69) is 22.5 Å². The summed E-state index contributed by atoms with van der Waals surface area (Å²) in [7, 11) is 0. The van der Waals surface area contributed by atoms with Crippen LogP contribution in [0.3, 0.4) is 0 Å². The van der Waals surface area contributed by atoms with E-state index < -0.39 is 0 Å². The molecule has 0 saturated carbocycles. The Kier molecular flexibility index (Phi) is 4.80. The Morgan fingerprint density at radius 1 is 1.38 bits per heavy atom. The Morgan fingerprint density at radius 3 is 2.81 bits per heavy atom. The minimum atomic E-state index is -0.210. The van der Waals surface area contributed by atoms with E-state index in [1.165, 1.54) is 11.3 Å². The minimum absolute atomic E-state index is 0.210. The molecule has 112 valence electrons. The molecular weight excluding hydrogens is 284 g/mol. The van der Waals surface area contributed by atoms with Crippen LogP contribution in [0.25, 0.3) is 0 Å². The molecule has 6 heteroatoms. The molecule has 21 heavy (non-hydrogen) atoms. The highest BCUT2D eigenvalue weighted by molar-refractivity contribution is 7.18. The predicted molar refractivity (Wildman–Crippen MR) is 89.2 cm³/mol. The average molecular weight is 304 g/mol. The molecule has 0 atom stereocenters. The fourth-order valence-electron chi connectivity index (χ4n) is 2.09. The van der Waals surface area contributed by atoms with E-state index in [1.54, 1.807) is 0 Å². The van der Waals surface area contributed by atoms with Gasteiger partial charge >= 0.3 is 0 Å². The van der Waals surface area contributed by atoms with Gasteiger partial charge in [-0.2, -0.15) is 0 Å². The lowest BCUT2D eigenvalue weighted by Crippen LogP contribution is -2.14. The van der Waals surface area contributed by atoms with Crippen molar-refractivity contribution in [2.24, 2.45) is 0 Å². The maximum absolute atomic E-state index is 12.4. The first-order chi connectivity index (χ1) is 10.1. The minimum Gasteiger partial charge on any atom is -0.382 e. The van der Waals surface area contributed by atoms with Crippen molar-refractivity contribution in [3.05, 3.63) is 34.2 Å². The summed E-state index contributed by atoms with van der Waals surface area (Å²) in [4.78, 5) is 17.0. The number of hydrogen-bond acceptors (Lipinski definition) is 5. The van der Waals surface area contributed by atoms with Crippen LogP contribution >= 0.6 is 11.3 Å². The number of nitrogens with one attached hydrogen (secondary N) is 2. The molecule has 0 spiro atoms. The molecule has 0 unspecified atom stereocenters. The van der Waals surface area contributed by atoms with Crippen LogP contribution in [0.1, 0.15) is 34.6 Å². The first-order valence-electron chi connectivity index (χ1n) is 6.96. The summed E-state index contributed by atoms with van der Waals surface area (Å²) in [6.07, 6.45) is 0.859. The zero-order chi connectivity index (χ0) is 15.4. The number of carbonyl (C=O) groups excluding carboxylic acids is 1. The van der Waals surface area contributed by atoms with Crippen molar-refractivity contribution in [2.75, 3.05) is 22.9 Å². The number of carbonyl (C=O) groups is 1. The maximum atomic E-state index is 12.4. The maximum Gasteiger partial charge on any atom is 0.269 e. The van der Waals surface area contributed by atoms with Crippen LogP contribution in [0.5, 0.6) is 0 Å². The van der Waals surface area contributed by atoms with E-state index in [0.717, 1.165) is 29.8 Å². The van der Waals surface area contributed by atoms with Crippen LogP contribution in [0.15, 0.2) is 18.2 Å². The van der Waals surface area contributed by atoms with Gasteiger partial charge in [0.25, 0.3) is 5.91 Å². The normalized spacial score (nSPS) is 10.4.